The van der Waals surface area contributed by atoms with Crippen LogP contribution in [-0.4, -0.2) is 27.7 Å². The predicted octanol–water partition coefficient (Wildman–Crippen LogP) is 2.58. The van der Waals surface area contributed by atoms with Crippen LogP contribution in [0.4, 0.5) is 4.39 Å². The van der Waals surface area contributed by atoms with Gasteiger partial charge in [-0.3, -0.25) is 0 Å². The van der Waals surface area contributed by atoms with Crippen molar-refractivity contribution in [1.82, 2.24) is 9.55 Å². The van der Waals surface area contributed by atoms with Crippen LogP contribution in [0.15, 0.2) is 36.6 Å². The third-order valence-electron chi connectivity index (χ3n) is 2.69. The standard InChI is InChI=1S/C14H13FN2O3/c1-9-7-17(8-16-9)12-4-3-10(6-13(12)20-2)5-11(15)14(18)19/h3-8H,1-2H3,(H,18,19). The SMILES string of the molecule is COc1cc(C=C(F)C(=O)O)ccc1-n1cnc(C)c1. The molecule has 0 spiro atoms. The van der Waals surface area contributed by atoms with E-state index in [1.165, 1.54) is 7.11 Å². The topological polar surface area (TPSA) is 64.3 Å². The number of methoxy groups -OCH3 is 1. The molecule has 0 saturated heterocycles. The third-order valence-corrected chi connectivity index (χ3v) is 2.69. The van der Waals surface area contributed by atoms with E-state index in [1.807, 2.05) is 13.1 Å². The molecule has 0 saturated carbocycles. The lowest BCUT2D eigenvalue weighted by atomic mass is 10.1. The average Bonchev–Trinajstić information content (AvgIpc) is 2.84. The smallest absolute Gasteiger partial charge is 0.364 e. The lowest BCUT2D eigenvalue weighted by Crippen LogP contribution is -1.97. The summed E-state index contributed by atoms with van der Waals surface area (Å²) < 4.78 is 20.1. The first kappa shape index (κ1) is 13.8. The number of hydrogen-bond donors (Lipinski definition) is 1. The third kappa shape index (κ3) is 2.85. The molecule has 0 aliphatic rings. The van der Waals surface area contributed by atoms with Gasteiger partial charge < -0.3 is 14.4 Å². The maximum absolute atomic E-state index is 13.1. The Morgan fingerprint density at radius 3 is 2.80 bits per heavy atom. The first-order chi connectivity index (χ1) is 9.51. The van der Waals surface area contributed by atoms with Crippen LogP contribution in [0.1, 0.15) is 11.3 Å². The van der Waals surface area contributed by atoms with Crippen molar-refractivity contribution in [3.8, 4) is 11.4 Å². The van der Waals surface area contributed by atoms with Gasteiger partial charge in [0.25, 0.3) is 0 Å². The molecule has 20 heavy (non-hydrogen) atoms. The Kier molecular flexibility index (Phi) is 3.84. The van der Waals surface area contributed by atoms with Gasteiger partial charge >= 0.3 is 5.97 Å². The molecule has 5 nitrogen and oxygen atoms in total. The molecule has 0 aliphatic carbocycles. The highest BCUT2D eigenvalue weighted by Crippen LogP contribution is 2.25. The van der Waals surface area contributed by atoms with E-state index in [0.717, 1.165) is 17.5 Å². The van der Waals surface area contributed by atoms with E-state index in [0.29, 0.717) is 11.3 Å². The number of nitrogens with zero attached hydrogens (tertiary/aromatic N) is 2. The molecule has 6 heteroatoms. The van der Waals surface area contributed by atoms with Gasteiger partial charge in [-0.25, -0.2) is 9.78 Å². The Morgan fingerprint density at radius 2 is 2.25 bits per heavy atom. The zero-order chi connectivity index (χ0) is 14.7. The van der Waals surface area contributed by atoms with Crippen LogP contribution >= 0.6 is 0 Å². The van der Waals surface area contributed by atoms with E-state index in [9.17, 15) is 9.18 Å². The minimum absolute atomic E-state index is 0.405. The van der Waals surface area contributed by atoms with E-state index in [-0.39, 0.29) is 0 Å². The number of carbonyl (C=O) groups is 1. The summed E-state index contributed by atoms with van der Waals surface area (Å²) in [6, 6.07) is 4.88. The van der Waals surface area contributed by atoms with Crippen LogP contribution in [0.5, 0.6) is 5.75 Å². The van der Waals surface area contributed by atoms with Crippen molar-refractivity contribution in [2.45, 2.75) is 6.92 Å². The summed E-state index contributed by atoms with van der Waals surface area (Å²) in [7, 11) is 1.49. The molecule has 0 aliphatic heterocycles. The number of carboxylic acids is 1. The number of halogens is 1. The van der Waals surface area contributed by atoms with Crippen molar-refractivity contribution in [3.63, 3.8) is 0 Å². The molecule has 0 amide bonds. The molecular weight excluding hydrogens is 263 g/mol. The number of carboxylic acid groups (broad SMARTS) is 1. The van der Waals surface area contributed by atoms with Gasteiger partial charge in [-0.15, -0.1) is 0 Å². The normalized spacial score (nSPS) is 11.4. The summed E-state index contributed by atoms with van der Waals surface area (Å²) in [5, 5.41) is 8.52. The highest BCUT2D eigenvalue weighted by atomic mass is 19.1. The largest absolute Gasteiger partial charge is 0.495 e. The molecule has 1 aromatic heterocycles. The fraction of sp³-hybridized carbons (Fsp3) is 0.143. The molecule has 0 radical (unpaired) electrons. The second-order valence-electron chi connectivity index (χ2n) is 4.15. The van der Waals surface area contributed by atoms with Crippen molar-refractivity contribution in [1.29, 1.82) is 0 Å². The summed E-state index contributed by atoms with van der Waals surface area (Å²) in [5.74, 6) is -2.33. The van der Waals surface area contributed by atoms with Gasteiger partial charge in [-0.2, -0.15) is 4.39 Å². The Labute approximate surface area is 114 Å². The van der Waals surface area contributed by atoms with Gasteiger partial charge in [0.05, 0.1) is 24.8 Å². The van der Waals surface area contributed by atoms with Crippen LogP contribution in [0, 0.1) is 6.92 Å². The molecule has 1 aromatic carbocycles. The molecule has 0 unspecified atom stereocenters. The molecule has 1 heterocycles. The zero-order valence-corrected chi connectivity index (χ0v) is 11.0. The zero-order valence-electron chi connectivity index (χ0n) is 11.0. The molecule has 2 rings (SSSR count). The van der Waals surface area contributed by atoms with Crippen LogP contribution in [0.2, 0.25) is 0 Å². The number of rotatable bonds is 4. The van der Waals surface area contributed by atoms with Crippen LogP contribution in [0.25, 0.3) is 11.8 Å². The number of aromatic nitrogens is 2. The van der Waals surface area contributed by atoms with Gasteiger partial charge in [0, 0.05) is 6.20 Å². The number of ether oxygens (including phenoxy) is 1. The second-order valence-corrected chi connectivity index (χ2v) is 4.15. The summed E-state index contributed by atoms with van der Waals surface area (Å²) in [6.07, 6.45) is 4.40. The molecule has 0 bridgehead atoms. The highest BCUT2D eigenvalue weighted by Gasteiger charge is 2.09. The average molecular weight is 276 g/mol. The van der Waals surface area contributed by atoms with E-state index in [4.69, 9.17) is 9.84 Å². The molecule has 104 valence electrons. The Morgan fingerprint density at radius 1 is 1.50 bits per heavy atom. The number of aryl methyl sites for hydroxylation is 1. The lowest BCUT2D eigenvalue weighted by molar-refractivity contribution is -0.134. The second kappa shape index (κ2) is 5.56. The van der Waals surface area contributed by atoms with Crippen molar-refractivity contribution in [2.24, 2.45) is 0 Å². The fourth-order valence-corrected chi connectivity index (χ4v) is 1.76. The first-order valence-corrected chi connectivity index (χ1v) is 5.80. The van der Waals surface area contributed by atoms with Crippen LogP contribution in [0.3, 0.4) is 0 Å². The van der Waals surface area contributed by atoms with E-state index >= 15 is 0 Å². The highest BCUT2D eigenvalue weighted by molar-refractivity contribution is 5.89. The predicted molar refractivity (Wildman–Crippen MR) is 71.6 cm³/mol. The molecule has 0 atom stereocenters. The number of aliphatic carboxylic acids is 1. The van der Waals surface area contributed by atoms with Gasteiger partial charge in [0.1, 0.15) is 5.75 Å². The molecule has 0 fully saturated rings. The Hall–Kier alpha value is -2.63. The fourth-order valence-electron chi connectivity index (χ4n) is 1.76. The maximum atomic E-state index is 13.1. The summed E-state index contributed by atoms with van der Waals surface area (Å²) >= 11 is 0. The summed E-state index contributed by atoms with van der Waals surface area (Å²) in [4.78, 5) is 14.6. The van der Waals surface area contributed by atoms with Crippen LogP contribution < -0.4 is 4.74 Å². The van der Waals surface area contributed by atoms with E-state index < -0.39 is 11.8 Å². The van der Waals surface area contributed by atoms with E-state index in [2.05, 4.69) is 4.98 Å². The molecule has 1 N–H and O–H groups in total. The number of benzene rings is 1. The number of imidazole rings is 1. The van der Waals surface area contributed by atoms with Gasteiger partial charge in [-0.1, -0.05) is 6.07 Å². The van der Waals surface area contributed by atoms with E-state index in [1.54, 1.807) is 29.1 Å². The Bertz CT molecular complexity index is 677. The quantitative estimate of drug-likeness (QED) is 0.872. The van der Waals surface area contributed by atoms with Crippen LogP contribution in [-0.2, 0) is 4.79 Å². The Balaban J connectivity index is 2.43. The molecule has 2 aromatic rings. The lowest BCUT2D eigenvalue weighted by Gasteiger charge is -2.09. The van der Waals surface area contributed by atoms with Crippen molar-refractivity contribution < 1.29 is 19.0 Å². The van der Waals surface area contributed by atoms with Crippen molar-refractivity contribution in [2.75, 3.05) is 7.11 Å². The minimum Gasteiger partial charge on any atom is -0.495 e. The summed E-state index contributed by atoms with van der Waals surface area (Å²) in [5.41, 5.74) is 2.00. The van der Waals surface area contributed by atoms with Crippen molar-refractivity contribution >= 4 is 12.0 Å². The number of hydrogen-bond acceptors (Lipinski definition) is 3. The minimum atomic E-state index is -1.60. The summed E-state index contributed by atoms with van der Waals surface area (Å²) in [6.45, 7) is 1.86. The maximum Gasteiger partial charge on any atom is 0.364 e. The first-order valence-electron chi connectivity index (χ1n) is 5.80. The van der Waals surface area contributed by atoms with Crippen molar-refractivity contribution in [3.05, 3.63) is 47.8 Å². The van der Waals surface area contributed by atoms with Gasteiger partial charge in [0.15, 0.2) is 0 Å². The monoisotopic (exact) mass is 276 g/mol. The van der Waals surface area contributed by atoms with Gasteiger partial charge in [0.2, 0.25) is 5.83 Å². The molecular formula is C14H13FN2O3. The van der Waals surface area contributed by atoms with Gasteiger partial charge in [-0.05, 0) is 30.7 Å².